The smallest absolute Gasteiger partial charge is 0.246 e. The van der Waals surface area contributed by atoms with Crippen LogP contribution < -0.4 is 0 Å². The van der Waals surface area contributed by atoms with Gasteiger partial charge in [-0.15, -0.1) is 11.3 Å². The summed E-state index contributed by atoms with van der Waals surface area (Å²) in [6.45, 7) is 0.288. The van der Waals surface area contributed by atoms with Crippen molar-refractivity contribution < 1.29 is 13.5 Å². The van der Waals surface area contributed by atoms with Crippen molar-refractivity contribution in [3.05, 3.63) is 59.6 Å². The third-order valence-electron chi connectivity index (χ3n) is 3.77. The Morgan fingerprint density at radius 2 is 1.96 bits per heavy atom. The highest BCUT2D eigenvalue weighted by atomic mass is 32.2. The summed E-state index contributed by atoms with van der Waals surface area (Å²) in [4.78, 5) is 0.949. The van der Waals surface area contributed by atoms with E-state index in [2.05, 4.69) is 5.10 Å². The third-order valence-corrected chi connectivity index (χ3v) is 6.51. The molecule has 0 aliphatic heterocycles. The molecular weight excluding hydrogens is 358 g/mol. The van der Waals surface area contributed by atoms with Crippen LogP contribution in [-0.2, 0) is 16.6 Å². The molecule has 0 bridgehead atoms. The van der Waals surface area contributed by atoms with Crippen LogP contribution in [0.4, 0.5) is 0 Å². The molecule has 0 saturated carbocycles. The highest BCUT2D eigenvalue weighted by Crippen LogP contribution is 2.31. The molecule has 0 aliphatic rings. The van der Waals surface area contributed by atoms with Gasteiger partial charge in [0, 0.05) is 19.8 Å². The predicted octanol–water partition coefficient (Wildman–Crippen LogP) is 2.27. The molecule has 0 radical (unpaired) electrons. The fourth-order valence-electron chi connectivity index (χ4n) is 2.46. The summed E-state index contributed by atoms with van der Waals surface area (Å²) in [6, 6.07) is 13.5. The van der Waals surface area contributed by atoms with Crippen molar-refractivity contribution in [3.63, 3.8) is 0 Å². The quantitative estimate of drug-likeness (QED) is 0.685. The van der Waals surface area contributed by atoms with Gasteiger partial charge in [0.15, 0.2) is 0 Å². The Morgan fingerprint density at radius 3 is 2.60 bits per heavy atom. The average Bonchev–Trinajstić information content (AvgIpc) is 3.25. The number of rotatable bonds is 7. The number of hydrogen-bond acceptors (Lipinski definition) is 5. The van der Waals surface area contributed by atoms with Gasteiger partial charge in [-0.1, -0.05) is 36.4 Å². The van der Waals surface area contributed by atoms with E-state index in [1.54, 1.807) is 10.9 Å². The zero-order valence-corrected chi connectivity index (χ0v) is 15.4. The van der Waals surface area contributed by atoms with Gasteiger partial charge in [-0.3, -0.25) is 4.68 Å². The van der Waals surface area contributed by atoms with E-state index in [1.807, 2.05) is 47.8 Å². The fraction of sp³-hybridized carbons (Fsp3) is 0.235. The predicted molar refractivity (Wildman–Crippen MR) is 98.0 cm³/mol. The molecule has 1 N–H and O–H groups in total. The van der Waals surface area contributed by atoms with Crippen LogP contribution in [0.2, 0.25) is 0 Å². The van der Waals surface area contributed by atoms with E-state index in [4.69, 9.17) is 5.11 Å². The largest absolute Gasteiger partial charge is 0.395 e. The zero-order chi connectivity index (χ0) is 17.9. The number of aliphatic hydroxyl groups is 1. The first-order valence-electron chi connectivity index (χ1n) is 7.75. The van der Waals surface area contributed by atoms with Gasteiger partial charge in [0.2, 0.25) is 10.0 Å². The van der Waals surface area contributed by atoms with E-state index in [-0.39, 0.29) is 18.0 Å². The number of thiophene rings is 1. The van der Waals surface area contributed by atoms with Crippen LogP contribution in [0.15, 0.2) is 58.9 Å². The maximum Gasteiger partial charge on any atom is 0.246 e. The van der Waals surface area contributed by atoms with E-state index in [0.29, 0.717) is 12.2 Å². The standard InChI is InChI=1S/C17H19N3O3S2/c1-19(9-10-21)25(22,23)16-13-20(12-14-6-3-2-4-7-14)18-17(16)15-8-5-11-24-15/h2-8,11,13,21H,9-10,12H2,1H3. The lowest BCUT2D eigenvalue weighted by Crippen LogP contribution is -2.29. The van der Waals surface area contributed by atoms with Gasteiger partial charge in [0.05, 0.1) is 18.0 Å². The van der Waals surface area contributed by atoms with Gasteiger partial charge in [-0.2, -0.15) is 9.40 Å². The van der Waals surface area contributed by atoms with Crippen molar-refractivity contribution in [2.75, 3.05) is 20.2 Å². The van der Waals surface area contributed by atoms with Crippen LogP contribution in [0, 0.1) is 0 Å². The van der Waals surface area contributed by atoms with Crippen molar-refractivity contribution in [2.24, 2.45) is 0 Å². The van der Waals surface area contributed by atoms with Gasteiger partial charge in [-0.05, 0) is 17.0 Å². The molecule has 2 heterocycles. The first kappa shape index (κ1) is 17.8. The number of hydrogen-bond donors (Lipinski definition) is 1. The topological polar surface area (TPSA) is 75.4 Å². The molecule has 0 unspecified atom stereocenters. The molecule has 132 valence electrons. The molecule has 3 rings (SSSR count). The molecule has 0 atom stereocenters. The lowest BCUT2D eigenvalue weighted by Gasteiger charge is -2.15. The van der Waals surface area contributed by atoms with Crippen LogP contribution in [0.1, 0.15) is 5.56 Å². The van der Waals surface area contributed by atoms with Crippen LogP contribution in [0.3, 0.4) is 0 Å². The van der Waals surface area contributed by atoms with E-state index >= 15 is 0 Å². The number of benzene rings is 1. The Kier molecular flexibility index (Phi) is 5.33. The number of aliphatic hydroxyl groups excluding tert-OH is 1. The van der Waals surface area contributed by atoms with Crippen molar-refractivity contribution in [3.8, 4) is 10.6 Å². The second-order valence-electron chi connectivity index (χ2n) is 5.55. The summed E-state index contributed by atoms with van der Waals surface area (Å²) in [6.07, 6.45) is 1.56. The fourth-order valence-corrected chi connectivity index (χ4v) is 4.55. The van der Waals surface area contributed by atoms with E-state index in [9.17, 15) is 8.42 Å². The molecule has 6 nitrogen and oxygen atoms in total. The van der Waals surface area contributed by atoms with E-state index in [0.717, 1.165) is 14.7 Å². The lowest BCUT2D eigenvalue weighted by atomic mass is 10.2. The van der Waals surface area contributed by atoms with Gasteiger partial charge in [0.25, 0.3) is 0 Å². The van der Waals surface area contributed by atoms with Crippen molar-refractivity contribution in [1.82, 2.24) is 14.1 Å². The van der Waals surface area contributed by atoms with Crippen LogP contribution in [0.25, 0.3) is 10.6 Å². The molecule has 1 aromatic carbocycles. The summed E-state index contributed by atoms with van der Waals surface area (Å²) in [5.74, 6) is 0. The summed E-state index contributed by atoms with van der Waals surface area (Å²) >= 11 is 1.44. The summed E-state index contributed by atoms with van der Waals surface area (Å²) in [5.41, 5.74) is 1.48. The lowest BCUT2D eigenvalue weighted by molar-refractivity contribution is 0.266. The number of likely N-dealkylation sites (N-methyl/N-ethyl adjacent to an activating group) is 1. The number of aromatic nitrogens is 2. The molecular formula is C17H19N3O3S2. The Bertz CT molecular complexity index is 919. The minimum Gasteiger partial charge on any atom is -0.395 e. The van der Waals surface area contributed by atoms with Crippen molar-refractivity contribution in [1.29, 1.82) is 0 Å². The minimum atomic E-state index is -3.73. The Labute approximate surface area is 151 Å². The first-order chi connectivity index (χ1) is 12.0. The number of sulfonamides is 1. The Hall–Kier alpha value is -2.00. The Balaban J connectivity index is 2.04. The molecule has 8 heteroatoms. The molecule has 0 spiro atoms. The van der Waals surface area contributed by atoms with Gasteiger partial charge in [0.1, 0.15) is 10.6 Å². The maximum atomic E-state index is 12.9. The number of nitrogens with zero attached hydrogens (tertiary/aromatic N) is 3. The SMILES string of the molecule is CN(CCO)S(=O)(=O)c1cn(Cc2ccccc2)nc1-c1cccs1. The molecule has 0 amide bonds. The first-order valence-corrected chi connectivity index (χ1v) is 10.1. The summed E-state index contributed by atoms with van der Waals surface area (Å²) in [5, 5.41) is 15.5. The minimum absolute atomic E-state index is 0.0378. The van der Waals surface area contributed by atoms with Gasteiger partial charge >= 0.3 is 0 Å². The molecule has 2 aromatic heterocycles. The normalized spacial score (nSPS) is 12.0. The average molecular weight is 377 g/mol. The molecule has 0 fully saturated rings. The second-order valence-corrected chi connectivity index (χ2v) is 8.51. The van der Waals surface area contributed by atoms with Crippen LogP contribution in [0.5, 0.6) is 0 Å². The molecule has 0 saturated heterocycles. The molecule has 25 heavy (non-hydrogen) atoms. The van der Waals surface area contributed by atoms with Crippen LogP contribution >= 0.6 is 11.3 Å². The van der Waals surface area contributed by atoms with Crippen LogP contribution in [-0.4, -0.2) is 47.8 Å². The van der Waals surface area contributed by atoms with E-state index in [1.165, 1.54) is 18.4 Å². The molecule has 0 aliphatic carbocycles. The highest BCUT2D eigenvalue weighted by Gasteiger charge is 2.28. The maximum absolute atomic E-state index is 12.9. The monoisotopic (exact) mass is 377 g/mol. The van der Waals surface area contributed by atoms with Crippen molar-refractivity contribution >= 4 is 21.4 Å². The van der Waals surface area contributed by atoms with Gasteiger partial charge in [-0.25, -0.2) is 8.42 Å². The van der Waals surface area contributed by atoms with Crippen molar-refractivity contribution in [2.45, 2.75) is 11.4 Å². The van der Waals surface area contributed by atoms with E-state index < -0.39 is 10.0 Å². The second kappa shape index (κ2) is 7.49. The van der Waals surface area contributed by atoms with Gasteiger partial charge < -0.3 is 5.11 Å². The molecule has 3 aromatic rings. The highest BCUT2D eigenvalue weighted by molar-refractivity contribution is 7.89. The zero-order valence-electron chi connectivity index (χ0n) is 13.7. The Morgan fingerprint density at radius 1 is 1.20 bits per heavy atom. The third kappa shape index (κ3) is 3.82. The summed E-state index contributed by atoms with van der Waals surface area (Å²) < 4.78 is 28.5. The summed E-state index contributed by atoms with van der Waals surface area (Å²) in [7, 11) is -2.28.